The molecule has 2 N–H and O–H groups in total. The molecule has 0 aliphatic carbocycles. The Morgan fingerprint density at radius 3 is 0.750 bits per heavy atom. The second kappa shape index (κ2) is 21.1. The van der Waals surface area contributed by atoms with Crippen LogP contribution >= 0.6 is 0 Å². The molecule has 0 aromatic heterocycles. The third-order valence-corrected chi connectivity index (χ3v) is 0. The molecule has 0 saturated carbocycles. The van der Waals surface area contributed by atoms with Crippen molar-refractivity contribution in [2.45, 2.75) is 0 Å². The van der Waals surface area contributed by atoms with Crippen molar-refractivity contribution in [1.82, 2.24) is 0 Å². The number of halogens is 2. The van der Waals surface area contributed by atoms with Crippen molar-refractivity contribution in [3.05, 3.63) is 0 Å². The van der Waals surface area contributed by atoms with E-state index in [4.69, 9.17) is 0 Å². The minimum Gasteiger partial charge on any atom is -1.00 e. The first kappa shape index (κ1) is 40.4. The van der Waals surface area contributed by atoms with Gasteiger partial charge in [-0.1, -0.05) is 0 Å². The summed E-state index contributed by atoms with van der Waals surface area (Å²) in [5.41, 5.74) is 0. The average Bonchev–Trinajstić information content (AvgIpc) is 0. The van der Waals surface area contributed by atoms with Crippen LogP contribution in [-0.2, 0) is 27.3 Å². The standard InChI is InChI=1S/2BrH.Cd.H2O/h2*1H;;1H2/q;;+2;/p-2. The van der Waals surface area contributed by atoms with Gasteiger partial charge in [0.05, 0.1) is 0 Å². The van der Waals surface area contributed by atoms with Gasteiger partial charge in [0, 0.05) is 0 Å². The predicted molar refractivity (Wildman–Crippen MR) is 3.61 cm³/mol. The molecular formula is H2Br2CdO. The fourth-order valence-electron chi connectivity index (χ4n) is 0. The zero-order valence-corrected chi connectivity index (χ0v) is 9.17. The summed E-state index contributed by atoms with van der Waals surface area (Å²) >= 11 is 0. The van der Waals surface area contributed by atoms with Gasteiger partial charge in [0.15, 0.2) is 0 Å². The number of hydrogen-bond acceptors (Lipinski definition) is 0. The Labute approximate surface area is 66.2 Å². The molecule has 0 aliphatic heterocycles. The summed E-state index contributed by atoms with van der Waals surface area (Å²) in [4.78, 5) is 0. The topological polar surface area (TPSA) is 31.5 Å². The van der Waals surface area contributed by atoms with Crippen LogP contribution in [0.2, 0.25) is 0 Å². The van der Waals surface area contributed by atoms with Crippen LogP contribution in [0.5, 0.6) is 0 Å². The first-order valence-corrected chi connectivity index (χ1v) is 0. The number of rotatable bonds is 0. The third-order valence-electron chi connectivity index (χ3n) is 0. The molecule has 0 heterocycles. The van der Waals surface area contributed by atoms with E-state index in [9.17, 15) is 0 Å². The summed E-state index contributed by atoms with van der Waals surface area (Å²) < 4.78 is 0. The van der Waals surface area contributed by atoms with Gasteiger partial charge in [0.2, 0.25) is 0 Å². The van der Waals surface area contributed by atoms with E-state index in [1.54, 1.807) is 0 Å². The largest absolute Gasteiger partial charge is 2.00 e. The van der Waals surface area contributed by atoms with Crippen molar-refractivity contribution in [2.24, 2.45) is 0 Å². The average molecular weight is 290 g/mol. The summed E-state index contributed by atoms with van der Waals surface area (Å²) in [6.45, 7) is 0. The monoisotopic (exact) mass is 290 g/mol. The zero-order chi connectivity index (χ0) is 0. The van der Waals surface area contributed by atoms with Gasteiger partial charge >= 0.3 is 27.3 Å². The molecule has 0 rings (SSSR count). The summed E-state index contributed by atoms with van der Waals surface area (Å²) in [5, 5.41) is 0. The Balaban J connectivity index is 0. The normalized spacial score (nSPS) is 0. The Morgan fingerprint density at radius 2 is 0.750 bits per heavy atom. The van der Waals surface area contributed by atoms with E-state index in [0.29, 0.717) is 0 Å². The zero-order valence-electron chi connectivity index (χ0n) is 1.96. The van der Waals surface area contributed by atoms with Gasteiger partial charge in [-0.2, -0.15) is 0 Å². The van der Waals surface area contributed by atoms with Gasteiger partial charge in [-0.3, -0.25) is 0 Å². The van der Waals surface area contributed by atoms with Gasteiger partial charge in [-0.15, -0.1) is 0 Å². The van der Waals surface area contributed by atoms with E-state index < -0.39 is 0 Å². The van der Waals surface area contributed by atoms with Gasteiger partial charge in [-0.25, -0.2) is 0 Å². The van der Waals surface area contributed by atoms with Crippen LogP contribution < -0.4 is 34.0 Å². The summed E-state index contributed by atoms with van der Waals surface area (Å²) in [7, 11) is 0. The van der Waals surface area contributed by atoms with Crippen molar-refractivity contribution in [2.75, 3.05) is 0 Å². The van der Waals surface area contributed by atoms with Crippen LogP contribution in [0.25, 0.3) is 0 Å². The van der Waals surface area contributed by atoms with Gasteiger partial charge in [-0.05, 0) is 0 Å². The first-order chi connectivity index (χ1) is 0. The fourth-order valence-corrected chi connectivity index (χ4v) is 0. The van der Waals surface area contributed by atoms with Crippen LogP contribution in [-0.4, -0.2) is 5.48 Å². The molecule has 0 aromatic rings. The maximum Gasteiger partial charge on any atom is 2.00 e. The molecule has 1 nitrogen and oxygen atoms in total. The van der Waals surface area contributed by atoms with Gasteiger partial charge < -0.3 is 39.4 Å². The minimum absolute atomic E-state index is 0. The van der Waals surface area contributed by atoms with E-state index in [1.807, 2.05) is 0 Å². The van der Waals surface area contributed by atoms with Crippen LogP contribution in [0.3, 0.4) is 0 Å². The first-order valence-electron chi connectivity index (χ1n) is 0. The van der Waals surface area contributed by atoms with E-state index >= 15 is 0 Å². The summed E-state index contributed by atoms with van der Waals surface area (Å²) in [5.74, 6) is 0. The molecule has 0 aromatic carbocycles. The Hall–Kier alpha value is 1.84. The van der Waals surface area contributed by atoms with Crippen molar-refractivity contribution in [3.8, 4) is 0 Å². The molecule has 0 unspecified atom stereocenters. The molecule has 0 spiro atoms. The Bertz CT molecular complexity index is 6.00. The summed E-state index contributed by atoms with van der Waals surface area (Å²) in [6.07, 6.45) is 0. The number of hydrogen-bond donors (Lipinski definition) is 0. The second-order valence-corrected chi connectivity index (χ2v) is 0. The van der Waals surface area contributed by atoms with E-state index in [0.717, 1.165) is 0 Å². The molecule has 0 radical (unpaired) electrons. The van der Waals surface area contributed by atoms with Gasteiger partial charge in [0.1, 0.15) is 0 Å². The quantitative estimate of drug-likeness (QED) is 0.397. The second-order valence-electron chi connectivity index (χ2n) is 0. The smallest absolute Gasteiger partial charge is 1.00 e. The Morgan fingerprint density at radius 1 is 0.750 bits per heavy atom. The van der Waals surface area contributed by atoms with Gasteiger partial charge in [0.25, 0.3) is 0 Å². The van der Waals surface area contributed by atoms with Crippen molar-refractivity contribution in [1.29, 1.82) is 0 Å². The maximum absolute atomic E-state index is 0. The van der Waals surface area contributed by atoms with E-state index in [-0.39, 0.29) is 66.7 Å². The van der Waals surface area contributed by atoms with E-state index in [1.165, 1.54) is 0 Å². The molecule has 0 amide bonds. The van der Waals surface area contributed by atoms with Crippen LogP contribution in [0.15, 0.2) is 0 Å². The molecule has 0 fully saturated rings. The minimum atomic E-state index is 0. The molecule has 0 saturated heterocycles. The fraction of sp³-hybridized carbons (Fsp3) is 0. The molecule has 4 heteroatoms. The molecule has 24 valence electrons. The summed E-state index contributed by atoms with van der Waals surface area (Å²) in [6, 6.07) is 0. The molecule has 0 aliphatic rings. The van der Waals surface area contributed by atoms with Crippen LogP contribution in [0, 0.1) is 0 Å². The van der Waals surface area contributed by atoms with Crippen LogP contribution in [0.4, 0.5) is 0 Å². The predicted octanol–water partition coefficient (Wildman–Crippen LogP) is -6.82. The Kier molecular flexibility index (Phi) is 213. The van der Waals surface area contributed by atoms with Crippen LogP contribution in [0.1, 0.15) is 0 Å². The molecule has 0 atom stereocenters. The molecular weight excluding hydrogens is 288 g/mol. The molecule has 0 bridgehead atoms. The third kappa shape index (κ3) is 9.15. The van der Waals surface area contributed by atoms with Crippen molar-refractivity contribution in [3.63, 3.8) is 0 Å². The SMILES string of the molecule is O.[Br-].[Br-].[Cd+2]. The van der Waals surface area contributed by atoms with E-state index in [2.05, 4.69) is 0 Å². The van der Waals surface area contributed by atoms with Crippen molar-refractivity contribution >= 4 is 0 Å². The molecule has 4 heavy (non-hydrogen) atoms. The van der Waals surface area contributed by atoms with Crippen molar-refractivity contribution < 1.29 is 66.7 Å². The maximum atomic E-state index is 0.